The summed E-state index contributed by atoms with van der Waals surface area (Å²) >= 11 is 0. The highest BCUT2D eigenvalue weighted by Crippen LogP contribution is 2.20. The summed E-state index contributed by atoms with van der Waals surface area (Å²) in [6.07, 6.45) is 91.5. The highest BCUT2D eigenvalue weighted by molar-refractivity contribution is 5.76. The molecule has 0 fully saturated rings. The molecule has 3 N–H and O–H groups in total. The van der Waals surface area contributed by atoms with Crippen molar-refractivity contribution in [2.45, 2.75) is 456 Å². The number of ether oxygens (including phenoxy) is 1. The van der Waals surface area contributed by atoms with E-state index in [9.17, 15) is 19.8 Å². The van der Waals surface area contributed by atoms with E-state index in [1.54, 1.807) is 0 Å². The van der Waals surface area contributed by atoms with Gasteiger partial charge in [-0.15, -0.1) is 0 Å². The Morgan fingerprint density at radius 3 is 0.855 bits per heavy atom. The summed E-state index contributed by atoms with van der Waals surface area (Å²) in [5, 5.41) is 23.4. The molecule has 0 aliphatic heterocycles. The van der Waals surface area contributed by atoms with Crippen LogP contribution in [-0.2, 0) is 14.3 Å². The molecule has 0 heterocycles. The molecule has 0 bridgehead atoms. The van der Waals surface area contributed by atoms with Gasteiger partial charge in [0.15, 0.2) is 0 Å². The smallest absolute Gasteiger partial charge is 0.305 e. The van der Waals surface area contributed by atoms with Crippen LogP contribution >= 0.6 is 0 Å². The highest BCUT2D eigenvalue weighted by atomic mass is 16.5. The molecule has 0 aromatic carbocycles. The minimum atomic E-state index is -0.661. The van der Waals surface area contributed by atoms with Crippen molar-refractivity contribution in [2.24, 2.45) is 0 Å². The first-order chi connectivity index (χ1) is 41.0. The number of amides is 1. The van der Waals surface area contributed by atoms with E-state index < -0.39 is 12.1 Å². The van der Waals surface area contributed by atoms with E-state index in [1.807, 2.05) is 0 Å². The zero-order valence-electron chi connectivity index (χ0n) is 56.7. The number of aliphatic hydroxyl groups excluding tert-OH is 2. The number of allylic oxidation sites excluding steroid dienone is 2. The van der Waals surface area contributed by atoms with Gasteiger partial charge in [-0.05, 0) is 51.4 Å². The van der Waals surface area contributed by atoms with Gasteiger partial charge >= 0.3 is 5.97 Å². The Balaban J connectivity index is 3.30. The second-order valence-corrected chi connectivity index (χ2v) is 26.7. The molecule has 0 rings (SSSR count). The maximum atomic E-state index is 12.5. The minimum Gasteiger partial charge on any atom is -0.466 e. The van der Waals surface area contributed by atoms with Crippen molar-refractivity contribution in [2.75, 3.05) is 13.2 Å². The Labute approximate surface area is 520 Å². The third-order valence-corrected chi connectivity index (χ3v) is 18.3. The number of esters is 1. The average molecular weight is 1170 g/mol. The second kappa shape index (κ2) is 73.1. The van der Waals surface area contributed by atoms with Crippen LogP contribution in [0, 0.1) is 0 Å². The summed E-state index contributed by atoms with van der Waals surface area (Å²) < 4.78 is 5.52. The summed E-state index contributed by atoms with van der Waals surface area (Å²) in [5.74, 6) is -0.00510. The monoisotopic (exact) mass is 1170 g/mol. The third kappa shape index (κ3) is 69.6. The summed E-state index contributed by atoms with van der Waals surface area (Å²) in [5.41, 5.74) is 0. The lowest BCUT2D eigenvalue weighted by Crippen LogP contribution is -2.45. The van der Waals surface area contributed by atoms with Gasteiger partial charge in [-0.2, -0.15) is 0 Å². The lowest BCUT2D eigenvalue weighted by atomic mass is 10.0. The molecule has 494 valence electrons. The molecular formula is C77H151NO5. The number of carbonyl (C=O) groups excluding carboxylic acids is 2. The Hall–Kier alpha value is -1.40. The summed E-state index contributed by atoms with van der Waals surface area (Å²) in [6, 6.07) is -0.538. The van der Waals surface area contributed by atoms with Gasteiger partial charge in [0.05, 0.1) is 25.4 Å². The number of nitrogens with one attached hydrogen (secondary N) is 1. The van der Waals surface area contributed by atoms with Gasteiger partial charge in [0, 0.05) is 12.8 Å². The molecule has 0 aromatic heterocycles. The van der Waals surface area contributed by atoms with Gasteiger partial charge in [-0.3, -0.25) is 9.59 Å². The average Bonchev–Trinajstić information content (AvgIpc) is 3.49. The van der Waals surface area contributed by atoms with Crippen molar-refractivity contribution >= 4 is 11.9 Å². The van der Waals surface area contributed by atoms with Gasteiger partial charge in [0.2, 0.25) is 5.91 Å². The molecule has 1 amide bonds. The zero-order valence-corrected chi connectivity index (χ0v) is 56.7. The number of unbranched alkanes of at least 4 members (excludes halogenated alkanes) is 60. The molecular weight excluding hydrogens is 1020 g/mol. The first-order valence-corrected chi connectivity index (χ1v) is 38.4. The summed E-state index contributed by atoms with van der Waals surface area (Å²) in [6.45, 7) is 5.00. The van der Waals surface area contributed by atoms with Crippen LogP contribution in [0.15, 0.2) is 12.2 Å². The van der Waals surface area contributed by atoms with E-state index in [2.05, 4.69) is 31.3 Å². The van der Waals surface area contributed by atoms with E-state index in [4.69, 9.17) is 4.74 Å². The van der Waals surface area contributed by atoms with Crippen molar-refractivity contribution in [1.29, 1.82) is 0 Å². The first kappa shape index (κ1) is 81.6. The van der Waals surface area contributed by atoms with Crippen molar-refractivity contribution in [3.8, 4) is 0 Å². The fraction of sp³-hybridized carbons (Fsp3) is 0.948. The number of aliphatic hydroxyl groups is 2. The fourth-order valence-corrected chi connectivity index (χ4v) is 12.5. The minimum absolute atomic E-state index is 0.0215. The van der Waals surface area contributed by atoms with Crippen LogP contribution in [0.2, 0.25) is 0 Å². The fourth-order valence-electron chi connectivity index (χ4n) is 12.5. The van der Waals surface area contributed by atoms with Crippen LogP contribution in [0.25, 0.3) is 0 Å². The molecule has 0 spiro atoms. The highest BCUT2D eigenvalue weighted by Gasteiger charge is 2.20. The number of hydrogen-bond acceptors (Lipinski definition) is 5. The van der Waals surface area contributed by atoms with E-state index in [-0.39, 0.29) is 18.5 Å². The number of hydrogen-bond donors (Lipinski definition) is 3. The molecule has 0 saturated carbocycles. The molecule has 0 aromatic rings. The van der Waals surface area contributed by atoms with Crippen LogP contribution in [0.5, 0.6) is 0 Å². The molecule has 6 heteroatoms. The van der Waals surface area contributed by atoms with Gasteiger partial charge in [-0.25, -0.2) is 0 Å². The molecule has 0 aliphatic rings. The van der Waals surface area contributed by atoms with Crippen LogP contribution < -0.4 is 5.32 Å². The van der Waals surface area contributed by atoms with Crippen LogP contribution in [0.3, 0.4) is 0 Å². The van der Waals surface area contributed by atoms with Crippen molar-refractivity contribution in [1.82, 2.24) is 5.32 Å². The van der Waals surface area contributed by atoms with Gasteiger partial charge in [0.25, 0.3) is 0 Å². The van der Waals surface area contributed by atoms with Gasteiger partial charge in [-0.1, -0.05) is 392 Å². The molecule has 0 aliphatic carbocycles. The normalized spacial score (nSPS) is 12.5. The molecule has 2 atom stereocenters. The Morgan fingerprint density at radius 2 is 0.566 bits per heavy atom. The lowest BCUT2D eigenvalue weighted by molar-refractivity contribution is -0.143. The summed E-state index contributed by atoms with van der Waals surface area (Å²) in [7, 11) is 0. The van der Waals surface area contributed by atoms with Crippen molar-refractivity contribution < 1.29 is 24.5 Å². The van der Waals surface area contributed by atoms with E-state index >= 15 is 0 Å². The SMILES string of the molecule is CCCCCCCC/C=C\CCCCCCCCCCCC(=O)OCCCCCCCCCCCCCCCCCCCCCCCCCCCCCCCCCC(=O)NC(CO)C(O)CCCCCCCCCCCCCCCCCC. The predicted molar refractivity (Wildman–Crippen MR) is 366 cm³/mol. The zero-order chi connectivity index (χ0) is 59.9. The number of carbonyl (C=O) groups is 2. The van der Waals surface area contributed by atoms with E-state index in [1.165, 1.54) is 372 Å². The van der Waals surface area contributed by atoms with E-state index in [0.717, 1.165) is 38.5 Å². The Kier molecular flexibility index (Phi) is 71.8. The van der Waals surface area contributed by atoms with Crippen LogP contribution in [0.4, 0.5) is 0 Å². The Morgan fingerprint density at radius 1 is 0.325 bits per heavy atom. The van der Waals surface area contributed by atoms with Crippen molar-refractivity contribution in [3.05, 3.63) is 12.2 Å². The molecule has 0 radical (unpaired) electrons. The summed E-state index contributed by atoms with van der Waals surface area (Å²) in [4.78, 5) is 24.7. The van der Waals surface area contributed by atoms with Crippen LogP contribution in [-0.4, -0.2) is 47.4 Å². The largest absolute Gasteiger partial charge is 0.466 e. The molecule has 83 heavy (non-hydrogen) atoms. The maximum absolute atomic E-state index is 12.5. The van der Waals surface area contributed by atoms with Gasteiger partial charge < -0.3 is 20.3 Å². The maximum Gasteiger partial charge on any atom is 0.305 e. The lowest BCUT2D eigenvalue weighted by Gasteiger charge is -2.22. The number of rotatable bonds is 73. The Bertz CT molecular complexity index is 1260. The molecule has 2 unspecified atom stereocenters. The first-order valence-electron chi connectivity index (χ1n) is 38.4. The van der Waals surface area contributed by atoms with Gasteiger partial charge in [0.1, 0.15) is 0 Å². The van der Waals surface area contributed by atoms with Crippen molar-refractivity contribution in [3.63, 3.8) is 0 Å². The standard InChI is InChI=1S/C77H151NO5/c1-3-5-7-9-11-13-15-17-19-21-35-39-43-47-51-55-59-63-67-71-77(82)83-72-68-64-60-56-52-48-44-40-37-34-32-30-28-26-24-22-23-25-27-29-31-33-36-38-42-46-50-54-58-62-66-70-76(81)78-74(73-79)75(80)69-65-61-57-53-49-45-41-20-18-16-14-12-10-8-6-4-2/h17,19,74-75,79-80H,3-16,18,20-73H2,1-2H3,(H,78,81)/b19-17-. The second-order valence-electron chi connectivity index (χ2n) is 26.7. The molecule has 0 saturated heterocycles. The third-order valence-electron chi connectivity index (χ3n) is 18.3. The molecule has 6 nitrogen and oxygen atoms in total. The topological polar surface area (TPSA) is 95.9 Å². The predicted octanol–water partition coefficient (Wildman–Crippen LogP) is 25.1. The quantitative estimate of drug-likeness (QED) is 0.0320. The van der Waals surface area contributed by atoms with E-state index in [0.29, 0.717) is 25.9 Å². The van der Waals surface area contributed by atoms with Crippen LogP contribution in [0.1, 0.15) is 444 Å².